The van der Waals surface area contributed by atoms with Crippen molar-refractivity contribution in [3.63, 3.8) is 0 Å². The van der Waals surface area contributed by atoms with E-state index in [0.717, 1.165) is 37.3 Å². The van der Waals surface area contributed by atoms with Gasteiger partial charge in [-0.15, -0.1) is 0 Å². The summed E-state index contributed by atoms with van der Waals surface area (Å²) in [6, 6.07) is 8.16. The Hall–Kier alpha value is -0.570. The molecular formula is C14H17ClO2. The molecule has 1 aliphatic carbocycles. The molecule has 0 amide bonds. The summed E-state index contributed by atoms with van der Waals surface area (Å²) in [6.07, 6.45) is 4.34. The normalized spacial score (nSPS) is 36.1. The van der Waals surface area contributed by atoms with Crippen LogP contribution in [0.4, 0.5) is 0 Å². The predicted molar refractivity (Wildman–Crippen MR) is 67.3 cm³/mol. The van der Waals surface area contributed by atoms with E-state index in [0.29, 0.717) is 0 Å². The van der Waals surface area contributed by atoms with Gasteiger partial charge in [-0.25, -0.2) is 0 Å². The zero-order valence-corrected chi connectivity index (χ0v) is 10.8. The van der Waals surface area contributed by atoms with Crippen LogP contribution in [0.2, 0.25) is 5.02 Å². The zero-order chi connectivity index (χ0) is 11.9. The SMILES string of the molecule is COC12CCCC1(c1ccc(Cl)cc1)CCO2. The van der Waals surface area contributed by atoms with Gasteiger partial charge in [-0.3, -0.25) is 0 Å². The number of halogens is 1. The Balaban J connectivity index is 2.07. The Bertz CT molecular complexity index is 403. The van der Waals surface area contributed by atoms with Crippen LogP contribution >= 0.6 is 11.6 Å². The highest BCUT2D eigenvalue weighted by Gasteiger charge is 2.60. The fourth-order valence-corrected chi connectivity index (χ4v) is 3.73. The third-order valence-corrected chi connectivity index (χ3v) is 4.68. The van der Waals surface area contributed by atoms with Crippen molar-refractivity contribution >= 4 is 11.6 Å². The van der Waals surface area contributed by atoms with Gasteiger partial charge in [0.25, 0.3) is 0 Å². The van der Waals surface area contributed by atoms with Crippen LogP contribution in [0.3, 0.4) is 0 Å². The molecule has 92 valence electrons. The number of ether oxygens (including phenoxy) is 2. The Kier molecular flexibility index (Phi) is 2.69. The molecule has 2 nitrogen and oxygen atoms in total. The van der Waals surface area contributed by atoms with Crippen molar-refractivity contribution in [1.82, 2.24) is 0 Å². The maximum atomic E-state index is 5.97. The summed E-state index contributed by atoms with van der Waals surface area (Å²) in [5.41, 5.74) is 1.34. The van der Waals surface area contributed by atoms with Crippen molar-refractivity contribution in [2.45, 2.75) is 36.9 Å². The van der Waals surface area contributed by atoms with Gasteiger partial charge in [0.2, 0.25) is 0 Å². The van der Waals surface area contributed by atoms with E-state index in [-0.39, 0.29) is 5.41 Å². The first-order valence-electron chi connectivity index (χ1n) is 6.18. The molecule has 0 N–H and O–H groups in total. The quantitative estimate of drug-likeness (QED) is 0.802. The smallest absolute Gasteiger partial charge is 0.177 e. The van der Waals surface area contributed by atoms with Gasteiger partial charge in [0.15, 0.2) is 5.79 Å². The molecule has 2 unspecified atom stereocenters. The lowest BCUT2D eigenvalue weighted by atomic mass is 9.74. The van der Waals surface area contributed by atoms with Gasteiger partial charge < -0.3 is 9.47 Å². The number of methoxy groups -OCH3 is 1. The van der Waals surface area contributed by atoms with Crippen LogP contribution in [0.1, 0.15) is 31.2 Å². The predicted octanol–water partition coefficient (Wildman–Crippen LogP) is 3.52. The molecule has 1 saturated heterocycles. The molecule has 0 spiro atoms. The lowest BCUT2D eigenvalue weighted by Gasteiger charge is -2.38. The van der Waals surface area contributed by atoms with Gasteiger partial charge in [0.05, 0.1) is 12.0 Å². The summed E-state index contributed by atoms with van der Waals surface area (Å²) >= 11 is 5.97. The van der Waals surface area contributed by atoms with Crippen LogP contribution < -0.4 is 0 Å². The zero-order valence-electron chi connectivity index (χ0n) is 10.0. The van der Waals surface area contributed by atoms with Gasteiger partial charge >= 0.3 is 0 Å². The molecule has 0 bridgehead atoms. The average molecular weight is 253 g/mol. The van der Waals surface area contributed by atoms with Crippen molar-refractivity contribution in [1.29, 1.82) is 0 Å². The van der Waals surface area contributed by atoms with E-state index in [9.17, 15) is 0 Å². The van der Waals surface area contributed by atoms with E-state index in [1.54, 1.807) is 7.11 Å². The fraction of sp³-hybridized carbons (Fsp3) is 0.571. The molecule has 2 aliphatic rings. The first kappa shape index (κ1) is 11.5. The van der Waals surface area contributed by atoms with E-state index in [1.165, 1.54) is 5.56 Å². The van der Waals surface area contributed by atoms with Crippen molar-refractivity contribution in [2.75, 3.05) is 13.7 Å². The molecule has 3 rings (SSSR count). The van der Waals surface area contributed by atoms with Crippen LogP contribution in [0.25, 0.3) is 0 Å². The lowest BCUT2D eigenvalue weighted by molar-refractivity contribution is -0.213. The Morgan fingerprint density at radius 1 is 1.18 bits per heavy atom. The van der Waals surface area contributed by atoms with E-state index >= 15 is 0 Å². The molecule has 2 fully saturated rings. The summed E-state index contributed by atoms with van der Waals surface area (Å²) < 4.78 is 11.7. The van der Waals surface area contributed by atoms with Crippen molar-refractivity contribution < 1.29 is 9.47 Å². The Labute approximate surface area is 107 Å². The van der Waals surface area contributed by atoms with E-state index < -0.39 is 5.79 Å². The van der Waals surface area contributed by atoms with Gasteiger partial charge in [0.1, 0.15) is 0 Å². The molecule has 0 aromatic heterocycles. The Morgan fingerprint density at radius 3 is 2.65 bits per heavy atom. The van der Waals surface area contributed by atoms with E-state index in [4.69, 9.17) is 21.1 Å². The summed E-state index contributed by atoms with van der Waals surface area (Å²) in [4.78, 5) is 0. The largest absolute Gasteiger partial charge is 0.352 e. The van der Waals surface area contributed by atoms with Crippen LogP contribution in [-0.4, -0.2) is 19.5 Å². The summed E-state index contributed by atoms with van der Waals surface area (Å²) in [5, 5.41) is 0.782. The maximum Gasteiger partial charge on any atom is 0.177 e. The maximum absolute atomic E-state index is 5.97. The number of rotatable bonds is 2. The number of benzene rings is 1. The monoisotopic (exact) mass is 252 g/mol. The van der Waals surface area contributed by atoms with Gasteiger partial charge in [-0.1, -0.05) is 23.7 Å². The van der Waals surface area contributed by atoms with Crippen LogP contribution in [-0.2, 0) is 14.9 Å². The van der Waals surface area contributed by atoms with Gasteiger partial charge in [-0.2, -0.15) is 0 Å². The summed E-state index contributed by atoms with van der Waals surface area (Å²) in [6.45, 7) is 0.788. The third kappa shape index (κ3) is 1.48. The molecule has 2 atom stereocenters. The molecule has 1 aromatic rings. The molecular weight excluding hydrogens is 236 g/mol. The molecule has 3 heteroatoms. The van der Waals surface area contributed by atoms with Crippen LogP contribution in [0.5, 0.6) is 0 Å². The second kappa shape index (κ2) is 3.98. The van der Waals surface area contributed by atoms with Crippen molar-refractivity contribution in [2.24, 2.45) is 0 Å². The molecule has 17 heavy (non-hydrogen) atoms. The minimum absolute atomic E-state index is 0.0341. The second-order valence-corrected chi connectivity index (χ2v) is 5.43. The standard InChI is InChI=1S/C14H17ClO2/c1-16-14-8-2-7-13(14,9-10-17-14)11-3-5-12(15)6-4-11/h3-6H,2,7-10H2,1H3. The molecule has 0 radical (unpaired) electrons. The third-order valence-electron chi connectivity index (χ3n) is 4.43. The molecule has 1 saturated carbocycles. The van der Waals surface area contributed by atoms with Crippen LogP contribution in [0, 0.1) is 0 Å². The molecule has 1 heterocycles. The van der Waals surface area contributed by atoms with Crippen LogP contribution in [0.15, 0.2) is 24.3 Å². The van der Waals surface area contributed by atoms with E-state index in [1.807, 2.05) is 12.1 Å². The van der Waals surface area contributed by atoms with Crippen molar-refractivity contribution in [3.05, 3.63) is 34.9 Å². The topological polar surface area (TPSA) is 18.5 Å². The summed E-state index contributed by atoms with van der Waals surface area (Å²) in [5.74, 6) is -0.402. The highest BCUT2D eigenvalue weighted by atomic mass is 35.5. The molecule has 1 aromatic carbocycles. The van der Waals surface area contributed by atoms with Gasteiger partial charge in [-0.05, 0) is 37.0 Å². The first-order chi connectivity index (χ1) is 8.22. The minimum Gasteiger partial charge on any atom is -0.352 e. The number of fused-ring (bicyclic) bond motifs is 1. The second-order valence-electron chi connectivity index (χ2n) is 5.00. The minimum atomic E-state index is -0.402. The number of hydrogen-bond donors (Lipinski definition) is 0. The highest BCUT2D eigenvalue weighted by molar-refractivity contribution is 6.30. The molecule has 1 aliphatic heterocycles. The Morgan fingerprint density at radius 2 is 1.94 bits per heavy atom. The van der Waals surface area contributed by atoms with Crippen molar-refractivity contribution in [3.8, 4) is 0 Å². The van der Waals surface area contributed by atoms with E-state index in [2.05, 4.69) is 12.1 Å². The average Bonchev–Trinajstić information content (AvgIpc) is 2.85. The highest BCUT2D eigenvalue weighted by Crippen LogP contribution is 2.56. The van der Waals surface area contributed by atoms with Gasteiger partial charge in [0, 0.05) is 18.6 Å². The number of hydrogen-bond acceptors (Lipinski definition) is 2. The lowest BCUT2D eigenvalue weighted by Crippen LogP contribution is -2.45. The summed E-state index contributed by atoms with van der Waals surface area (Å²) in [7, 11) is 1.77. The fourth-order valence-electron chi connectivity index (χ4n) is 3.60. The first-order valence-corrected chi connectivity index (χ1v) is 6.55.